The molecule has 8 aliphatic rings. The van der Waals surface area contributed by atoms with Crippen molar-refractivity contribution >= 4 is 0 Å². The van der Waals surface area contributed by atoms with Crippen LogP contribution in [0.4, 0.5) is 0 Å². The zero-order chi connectivity index (χ0) is 57.7. The molecule has 1 aromatic rings. The van der Waals surface area contributed by atoms with Crippen molar-refractivity contribution in [2.24, 2.45) is 107 Å². The summed E-state index contributed by atoms with van der Waals surface area (Å²) >= 11 is 0. The van der Waals surface area contributed by atoms with Gasteiger partial charge in [-0.25, -0.2) is 0 Å². The van der Waals surface area contributed by atoms with Crippen LogP contribution in [0.5, 0.6) is 0 Å². The maximum Gasteiger partial charge on any atom is 0.0720 e. The molecule has 0 saturated heterocycles. The lowest BCUT2D eigenvalue weighted by Gasteiger charge is -2.31. The Balaban J connectivity index is 0.000000440. The zero-order valence-electron chi connectivity index (χ0n) is 56.7. The Kier molecular flexibility index (Phi) is 43.1. The fourth-order valence-corrected chi connectivity index (χ4v) is 13.3. The van der Waals surface area contributed by atoms with E-state index in [2.05, 4.69) is 163 Å². The maximum absolute atomic E-state index is 5.98. The fourth-order valence-electron chi connectivity index (χ4n) is 13.3. The Morgan fingerprint density at radius 1 is 0.351 bits per heavy atom. The number of ether oxygens (including phenoxy) is 1. The normalized spacial score (nSPS) is 34.9. The molecule has 1 heteroatoms. The van der Waals surface area contributed by atoms with E-state index in [1.165, 1.54) is 198 Å². The van der Waals surface area contributed by atoms with E-state index in [4.69, 9.17) is 4.74 Å². The second kappa shape index (κ2) is 44.7. The third-order valence-electron chi connectivity index (χ3n) is 22.8. The molecule has 8 aliphatic carbocycles. The molecular weight excluding hydrogens is 929 g/mol. The third-order valence-corrected chi connectivity index (χ3v) is 22.8. The lowest BCUT2D eigenvalue weighted by molar-refractivity contribution is -0.0154. The Labute approximate surface area is 488 Å². The van der Waals surface area contributed by atoms with Crippen LogP contribution in [0.25, 0.3) is 0 Å². The molecule has 77 heavy (non-hydrogen) atoms. The molecular formula is C76H146O. The van der Waals surface area contributed by atoms with Crippen molar-refractivity contribution in [3.8, 4) is 0 Å². The Morgan fingerprint density at radius 3 is 0.935 bits per heavy atom. The average molecular weight is 1080 g/mol. The van der Waals surface area contributed by atoms with Gasteiger partial charge in [-0.1, -0.05) is 349 Å². The van der Waals surface area contributed by atoms with Crippen LogP contribution >= 0.6 is 0 Å². The highest BCUT2D eigenvalue weighted by molar-refractivity contribution is 5.13. The quantitative estimate of drug-likeness (QED) is 0.264. The van der Waals surface area contributed by atoms with Crippen LogP contribution in [0.2, 0.25) is 0 Å². The van der Waals surface area contributed by atoms with Crippen LogP contribution in [0.1, 0.15) is 337 Å². The summed E-state index contributed by atoms with van der Waals surface area (Å²) in [5.41, 5.74) is 1.29. The maximum atomic E-state index is 5.98. The number of rotatable bonds is 7. The van der Waals surface area contributed by atoms with Crippen molar-refractivity contribution in [1.82, 2.24) is 0 Å². The first kappa shape index (κ1) is 74.2. The second-order valence-corrected chi connectivity index (χ2v) is 29.4. The van der Waals surface area contributed by atoms with Crippen molar-refractivity contribution < 1.29 is 4.74 Å². The van der Waals surface area contributed by atoms with Crippen molar-refractivity contribution in [2.45, 2.75) is 344 Å². The van der Waals surface area contributed by atoms with Gasteiger partial charge in [0, 0.05) is 0 Å². The van der Waals surface area contributed by atoms with Crippen LogP contribution in [0, 0.1) is 107 Å². The van der Waals surface area contributed by atoms with E-state index in [1.54, 1.807) is 0 Å². The predicted molar refractivity (Wildman–Crippen MR) is 350 cm³/mol. The molecule has 456 valence electrons. The van der Waals surface area contributed by atoms with E-state index in [1.807, 2.05) is 6.07 Å². The van der Waals surface area contributed by atoms with Gasteiger partial charge in [0.25, 0.3) is 0 Å². The summed E-state index contributed by atoms with van der Waals surface area (Å²) in [6.45, 7) is 47.7. The van der Waals surface area contributed by atoms with E-state index >= 15 is 0 Å². The number of hydrogen-bond donors (Lipinski definition) is 0. The highest BCUT2D eigenvalue weighted by atomic mass is 16.5. The van der Waals surface area contributed by atoms with Gasteiger partial charge in [0.2, 0.25) is 0 Å². The minimum atomic E-state index is 0.485. The Hall–Kier alpha value is -0.820. The molecule has 9 unspecified atom stereocenters. The molecule has 9 rings (SSSR count). The second-order valence-electron chi connectivity index (χ2n) is 29.4. The summed E-state index contributed by atoms with van der Waals surface area (Å²) in [6, 6.07) is 10.5. The molecule has 1 nitrogen and oxygen atoms in total. The fraction of sp³-hybridized carbons (Fsp3) is 0.921. The van der Waals surface area contributed by atoms with Gasteiger partial charge in [0.1, 0.15) is 0 Å². The van der Waals surface area contributed by atoms with Crippen molar-refractivity contribution in [2.75, 3.05) is 0 Å². The monoisotopic (exact) mass is 1080 g/mol. The Morgan fingerprint density at radius 2 is 0.688 bits per heavy atom. The molecule has 8 saturated carbocycles. The zero-order valence-corrected chi connectivity index (χ0v) is 56.7. The van der Waals surface area contributed by atoms with Gasteiger partial charge in [-0.3, -0.25) is 0 Å². The predicted octanol–water partition coefficient (Wildman–Crippen LogP) is 25.8. The minimum absolute atomic E-state index is 0.485. The lowest BCUT2D eigenvalue weighted by atomic mass is 9.75. The smallest absolute Gasteiger partial charge is 0.0720 e. The lowest BCUT2D eigenvalue weighted by Crippen LogP contribution is -2.25. The van der Waals surface area contributed by atoms with Gasteiger partial charge in [0.05, 0.1) is 12.7 Å². The van der Waals surface area contributed by atoms with E-state index in [9.17, 15) is 0 Å². The van der Waals surface area contributed by atoms with E-state index in [-0.39, 0.29) is 0 Å². The van der Waals surface area contributed by atoms with Gasteiger partial charge in [-0.05, 0) is 125 Å². The summed E-state index contributed by atoms with van der Waals surface area (Å²) in [4.78, 5) is 0. The van der Waals surface area contributed by atoms with Crippen molar-refractivity contribution in [1.29, 1.82) is 0 Å². The van der Waals surface area contributed by atoms with Crippen LogP contribution < -0.4 is 0 Å². The minimum Gasteiger partial charge on any atom is -0.373 e. The van der Waals surface area contributed by atoms with Crippen LogP contribution in [-0.4, -0.2) is 6.10 Å². The molecule has 17 atom stereocenters. The van der Waals surface area contributed by atoms with Crippen LogP contribution in [-0.2, 0) is 11.3 Å². The largest absolute Gasteiger partial charge is 0.373 e. The first-order valence-electron chi connectivity index (χ1n) is 35.3. The summed E-state index contributed by atoms with van der Waals surface area (Å²) < 4.78 is 5.98. The van der Waals surface area contributed by atoms with Crippen LogP contribution in [0.3, 0.4) is 0 Å². The van der Waals surface area contributed by atoms with Gasteiger partial charge in [0.15, 0.2) is 0 Å². The molecule has 0 radical (unpaired) electrons. The number of hydrogen-bond acceptors (Lipinski definition) is 1. The highest BCUT2D eigenvalue weighted by Gasteiger charge is 2.26. The van der Waals surface area contributed by atoms with E-state index in [0.717, 1.165) is 113 Å². The molecule has 0 amide bonds. The van der Waals surface area contributed by atoms with Crippen LogP contribution in [0.15, 0.2) is 30.3 Å². The summed E-state index contributed by atoms with van der Waals surface area (Å²) in [5.74, 6) is 17.6. The Bertz CT molecular complexity index is 1320. The van der Waals surface area contributed by atoms with Crippen molar-refractivity contribution in [3.05, 3.63) is 35.9 Å². The summed E-state index contributed by atoms with van der Waals surface area (Å²) in [6.07, 6.45) is 43.9. The van der Waals surface area contributed by atoms with E-state index in [0.29, 0.717) is 6.10 Å². The summed E-state index contributed by atoms with van der Waals surface area (Å²) in [7, 11) is 0. The molecule has 0 bridgehead atoms. The molecule has 0 spiro atoms. The molecule has 8 fully saturated rings. The SMILES string of the molecule is CC1CCCCC1C.CC1CCCC[C@H]1C.CC1CCCC[C@H]1OCc1ccccc1.CC1CC[C@@H](C)C1C.CC1[C@H](C)CCC[C@@H]1C.CCC(C)C(C)C.CCC1CC1.CC[C@@H]1CCCCC1C.C[C@@H]1CCCC[C@H]1C. The van der Waals surface area contributed by atoms with Gasteiger partial charge in [-0.15, -0.1) is 0 Å². The van der Waals surface area contributed by atoms with Crippen molar-refractivity contribution in [3.63, 3.8) is 0 Å². The average Bonchev–Trinajstić information content (AvgIpc) is 4.24. The molecule has 0 N–H and O–H groups in total. The number of benzene rings is 1. The molecule has 0 heterocycles. The third kappa shape index (κ3) is 35.0. The highest BCUT2D eigenvalue weighted by Crippen LogP contribution is 2.37. The standard InChI is InChI=1S/C14H20O.2C9H18.4C8H16.C7H16.C5H10/c1-12-7-5-6-10-14(12)15-11-13-8-3-2-4-9-13;1-7-5-4-6-8(2)9(7)3;1-3-9-7-5-4-6-8(9)2;1-6-4-5-7(2)8(6)3;3*1-7-5-3-4-6-8(7)2;1-5-7(4)6(2)3;1-2-5-3-4-5/h2-4,8-9,12,14H,5-7,10-11H2,1H3;7-9H,4-6H2,1-3H3;8-9H,3-7H2,1-2H3;6-8H,4-5H2,1-3H3;3*7-8H,3-6H2,1-2H3;6-7H,5H2,1-4H3;5H,2-4H2,1H3/t12?,14-;7-,8+,9?;8?,9-;6-,7?,8?;7-,8?;7-,8-;;;/m1.1111.../s1. The van der Waals surface area contributed by atoms with Gasteiger partial charge >= 0.3 is 0 Å². The van der Waals surface area contributed by atoms with Gasteiger partial charge < -0.3 is 4.74 Å². The molecule has 0 aliphatic heterocycles. The molecule has 0 aromatic heterocycles. The first-order chi connectivity index (χ1) is 36.7. The summed E-state index contributed by atoms with van der Waals surface area (Å²) in [5, 5.41) is 0. The van der Waals surface area contributed by atoms with E-state index < -0.39 is 0 Å². The molecule has 1 aromatic carbocycles. The first-order valence-corrected chi connectivity index (χ1v) is 35.3. The van der Waals surface area contributed by atoms with Gasteiger partial charge in [-0.2, -0.15) is 0 Å². The topological polar surface area (TPSA) is 9.23 Å².